The molecule has 2 aliphatic heterocycles. The lowest BCUT2D eigenvalue weighted by Crippen LogP contribution is -2.57. The number of imide groups is 1. The minimum atomic E-state index is -0.718. The van der Waals surface area contributed by atoms with Gasteiger partial charge in [-0.25, -0.2) is 4.79 Å². The van der Waals surface area contributed by atoms with E-state index >= 15 is 0 Å². The van der Waals surface area contributed by atoms with Crippen LogP contribution in [0.1, 0.15) is 24.0 Å². The summed E-state index contributed by atoms with van der Waals surface area (Å²) in [6.45, 7) is 5.42. The third-order valence-electron chi connectivity index (χ3n) is 6.73. The fourth-order valence-corrected chi connectivity index (χ4v) is 4.93. The predicted octanol–water partition coefficient (Wildman–Crippen LogP) is 3.54. The van der Waals surface area contributed by atoms with E-state index < -0.39 is 5.54 Å². The zero-order valence-electron chi connectivity index (χ0n) is 18.6. The van der Waals surface area contributed by atoms with Crippen molar-refractivity contribution in [3.63, 3.8) is 0 Å². The highest BCUT2D eigenvalue weighted by Gasteiger charge is 2.56. The van der Waals surface area contributed by atoms with Crippen LogP contribution in [0.15, 0.2) is 48.5 Å². The number of ether oxygens (including phenoxy) is 1. The van der Waals surface area contributed by atoms with Crippen molar-refractivity contribution in [2.24, 2.45) is 0 Å². The number of aryl methyl sites for hydroxylation is 1. The Morgan fingerprint density at radius 1 is 1.03 bits per heavy atom. The first-order valence-corrected chi connectivity index (χ1v) is 10.9. The van der Waals surface area contributed by atoms with E-state index in [1.165, 1.54) is 27.2 Å². The highest BCUT2D eigenvalue weighted by molar-refractivity contribution is 6.06. The first kappa shape index (κ1) is 21.5. The third-order valence-corrected chi connectivity index (χ3v) is 6.73. The molecule has 2 heterocycles. The van der Waals surface area contributed by atoms with E-state index in [1.807, 2.05) is 0 Å². The van der Waals surface area contributed by atoms with Gasteiger partial charge in [-0.2, -0.15) is 0 Å². The standard InChI is InChI=1S/C25H31N3O3/c1-19-7-4-5-10-22(19)21-9-6-8-20(17-21)18-27-13-11-25(12-14-27)23(29)26(2)24(30)28(25)15-16-31-3/h4-10,17H,11-16,18H2,1-3H3. The number of rotatable bonds is 6. The maximum atomic E-state index is 13.0. The smallest absolute Gasteiger partial charge is 0.327 e. The van der Waals surface area contributed by atoms with Crippen LogP contribution < -0.4 is 0 Å². The molecular formula is C25H31N3O3. The lowest BCUT2D eigenvalue weighted by Gasteiger charge is -2.42. The number of urea groups is 1. The summed E-state index contributed by atoms with van der Waals surface area (Å²) in [6, 6.07) is 16.9. The Balaban J connectivity index is 1.46. The van der Waals surface area contributed by atoms with Gasteiger partial charge in [-0.15, -0.1) is 0 Å². The molecule has 0 radical (unpaired) electrons. The van der Waals surface area contributed by atoms with E-state index in [0.717, 1.165) is 19.6 Å². The van der Waals surface area contributed by atoms with Gasteiger partial charge in [-0.3, -0.25) is 14.6 Å². The van der Waals surface area contributed by atoms with Gasteiger partial charge in [-0.05, 0) is 48.1 Å². The molecule has 3 amide bonds. The Morgan fingerprint density at radius 2 is 1.77 bits per heavy atom. The lowest BCUT2D eigenvalue weighted by atomic mass is 9.85. The largest absolute Gasteiger partial charge is 0.383 e. The summed E-state index contributed by atoms with van der Waals surface area (Å²) in [7, 11) is 3.20. The predicted molar refractivity (Wildman–Crippen MR) is 121 cm³/mol. The number of likely N-dealkylation sites (N-methyl/N-ethyl adjacent to an activating group) is 1. The molecule has 0 atom stereocenters. The van der Waals surface area contributed by atoms with E-state index in [1.54, 1.807) is 19.1 Å². The summed E-state index contributed by atoms with van der Waals surface area (Å²) < 4.78 is 5.18. The van der Waals surface area contributed by atoms with Crippen molar-refractivity contribution < 1.29 is 14.3 Å². The molecule has 4 rings (SSSR count). The molecule has 0 unspecified atom stereocenters. The SMILES string of the molecule is COCCN1C(=O)N(C)C(=O)C12CCN(Cc1cccc(-c3ccccc3C)c1)CC2. The molecule has 0 bridgehead atoms. The average Bonchev–Trinajstić information content (AvgIpc) is 2.95. The van der Waals surface area contributed by atoms with E-state index in [9.17, 15) is 9.59 Å². The number of carbonyl (C=O) groups is 2. The van der Waals surface area contributed by atoms with Crippen LogP contribution in [0.5, 0.6) is 0 Å². The van der Waals surface area contributed by atoms with Crippen LogP contribution in [-0.2, 0) is 16.1 Å². The van der Waals surface area contributed by atoms with Crippen molar-refractivity contribution in [3.8, 4) is 11.1 Å². The maximum Gasteiger partial charge on any atom is 0.327 e. The van der Waals surface area contributed by atoms with Crippen LogP contribution >= 0.6 is 0 Å². The summed E-state index contributed by atoms with van der Waals surface area (Å²) in [5.74, 6) is -0.0743. The monoisotopic (exact) mass is 421 g/mol. The van der Waals surface area contributed by atoms with Crippen molar-refractivity contribution in [1.82, 2.24) is 14.7 Å². The molecule has 0 N–H and O–H groups in total. The number of piperidine rings is 1. The Labute approximate surface area is 184 Å². The highest BCUT2D eigenvalue weighted by Crippen LogP contribution is 2.37. The Kier molecular flexibility index (Phi) is 6.12. The van der Waals surface area contributed by atoms with Gasteiger partial charge in [0.2, 0.25) is 0 Å². The number of hydrogen-bond acceptors (Lipinski definition) is 4. The van der Waals surface area contributed by atoms with Crippen LogP contribution in [0.25, 0.3) is 11.1 Å². The number of hydrogen-bond donors (Lipinski definition) is 0. The molecule has 2 aromatic rings. The second-order valence-electron chi connectivity index (χ2n) is 8.61. The zero-order chi connectivity index (χ0) is 22.0. The molecule has 31 heavy (non-hydrogen) atoms. The van der Waals surface area contributed by atoms with Crippen molar-refractivity contribution in [3.05, 3.63) is 59.7 Å². The second-order valence-corrected chi connectivity index (χ2v) is 8.61. The molecule has 2 aliphatic rings. The molecule has 2 fully saturated rings. The number of likely N-dealkylation sites (tertiary alicyclic amines) is 1. The molecule has 0 aromatic heterocycles. The fraction of sp³-hybridized carbons (Fsp3) is 0.440. The Morgan fingerprint density at radius 3 is 2.48 bits per heavy atom. The topological polar surface area (TPSA) is 53.1 Å². The van der Waals surface area contributed by atoms with Crippen LogP contribution in [0.4, 0.5) is 4.79 Å². The quantitative estimate of drug-likeness (QED) is 0.670. The summed E-state index contributed by atoms with van der Waals surface area (Å²) >= 11 is 0. The first-order valence-electron chi connectivity index (χ1n) is 10.9. The number of nitrogens with zero attached hydrogens (tertiary/aromatic N) is 3. The molecule has 0 aliphatic carbocycles. The average molecular weight is 422 g/mol. The summed E-state index contributed by atoms with van der Waals surface area (Å²) in [5, 5.41) is 0. The highest BCUT2D eigenvalue weighted by atomic mass is 16.5. The van der Waals surface area contributed by atoms with Crippen LogP contribution in [0, 0.1) is 6.92 Å². The van der Waals surface area contributed by atoms with E-state index in [-0.39, 0.29) is 11.9 Å². The fourth-order valence-electron chi connectivity index (χ4n) is 4.93. The van der Waals surface area contributed by atoms with E-state index in [4.69, 9.17) is 4.74 Å². The van der Waals surface area contributed by atoms with E-state index in [2.05, 4.69) is 60.4 Å². The Hall–Kier alpha value is -2.70. The van der Waals surface area contributed by atoms with Crippen LogP contribution in [0.3, 0.4) is 0 Å². The molecule has 6 nitrogen and oxygen atoms in total. The van der Waals surface area contributed by atoms with Gasteiger partial charge in [0.15, 0.2) is 0 Å². The first-order chi connectivity index (χ1) is 15.0. The molecular weight excluding hydrogens is 390 g/mol. The number of carbonyl (C=O) groups excluding carboxylic acids is 2. The van der Waals surface area contributed by atoms with Crippen LogP contribution in [-0.4, -0.2) is 72.6 Å². The van der Waals surface area contributed by atoms with Crippen molar-refractivity contribution in [2.45, 2.75) is 31.8 Å². The van der Waals surface area contributed by atoms with Gasteiger partial charge in [0.05, 0.1) is 6.61 Å². The summed E-state index contributed by atoms with van der Waals surface area (Å²) in [6.07, 6.45) is 1.31. The summed E-state index contributed by atoms with van der Waals surface area (Å²) in [5.41, 5.74) is 4.30. The van der Waals surface area contributed by atoms with Crippen molar-refractivity contribution >= 4 is 11.9 Å². The molecule has 6 heteroatoms. The normalized spacial score (nSPS) is 18.9. The molecule has 2 aromatic carbocycles. The molecule has 0 saturated carbocycles. The van der Waals surface area contributed by atoms with Crippen molar-refractivity contribution in [1.29, 1.82) is 0 Å². The van der Waals surface area contributed by atoms with Gasteiger partial charge >= 0.3 is 6.03 Å². The number of methoxy groups -OCH3 is 1. The molecule has 1 spiro atoms. The van der Waals surface area contributed by atoms with Gasteiger partial charge in [0.25, 0.3) is 5.91 Å². The zero-order valence-corrected chi connectivity index (χ0v) is 18.6. The summed E-state index contributed by atoms with van der Waals surface area (Å²) in [4.78, 5) is 31.0. The lowest BCUT2D eigenvalue weighted by molar-refractivity contribution is -0.135. The third kappa shape index (κ3) is 3.98. The van der Waals surface area contributed by atoms with Gasteiger partial charge < -0.3 is 9.64 Å². The Bertz CT molecular complexity index is 966. The maximum absolute atomic E-state index is 13.0. The molecule has 2 saturated heterocycles. The minimum absolute atomic E-state index is 0.0743. The van der Waals surface area contributed by atoms with Crippen molar-refractivity contribution in [2.75, 3.05) is 40.4 Å². The van der Waals surface area contributed by atoms with Gasteiger partial charge in [-0.1, -0.05) is 42.5 Å². The minimum Gasteiger partial charge on any atom is -0.383 e. The molecule has 164 valence electrons. The van der Waals surface area contributed by atoms with Crippen LogP contribution in [0.2, 0.25) is 0 Å². The van der Waals surface area contributed by atoms with E-state index in [0.29, 0.717) is 26.0 Å². The number of benzene rings is 2. The van der Waals surface area contributed by atoms with Gasteiger partial charge in [0, 0.05) is 40.3 Å². The number of amides is 3. The second kappa shape index (κ2) is 8.81. The van der Waals surface area contributed by atoms with Gasteiger partial charge in [0.1, 0.15) is 5.54 Å².